The van der Waals surface area contributed by atoms with Crippen LogP contribution in [-0.2, 0) is 22.3 Å². The Labute approximate surface area is 169 Å². The number of quaternary nitrogens is 1. The maximum absolute atomic E-state index is 11.1. The monoisotopic (exact) mass is 405 g/mol. The van der Waals surface area contributed by atoms with Crippen LogP contribution in [0.15, 0.2) is 0 Å². The van der Waals surface area contributed by atoms with Crippen molar-refractivity contribution in [1.82, 2.24) is 9.80 Å². The highest BCUT2D eigenvalue weighted by Gasteiger charge is 2.52. The SMILES string of the molecule is CC(C)(C)[N+]1(c2sc3c(c2C#N)CCC2(C3)OCCO2)CC[C@H](NC(=O)[O-])C1. The molecule has 2 aliphatic heterocycles. The van der Waals surface area contributed by atoms with Crippen LogP contribution in [0, 0.1) is 11.3 Å². The molecule has 1 aliphatic carbocycles. The van der Waals surface area contributed by atoms with Gasteiger partial charge in [-0.1, -0.05) is 11.3 Å². The Kier molecular flexibility index (Phi) is 4.70. The van der Waals surface area contributed by atoms with Crippen LogP contribution < -0.4 is 14.9 Å². The fraction of sp³-hybridized carbons (Fsp3) is 0.700. The molecule has 1 amide bonds. The lowest BCUT2D eigenvalue weighted by Gasteiger charge is -2.44. The van der Waals surface area contributed by atoms with Gasteiger partial charge in [0.25, 0.3) is 0 Å². The number of rotatable bonds is 2. The molecule has 0 bridgehead atoms. The average molecular weight is 406 g/mol. The maximum Gasteiger partial charge on any atom is 0.207 e. The number of ether oxygens (including phenoxy) is 2. The van der Waals surface area contributed by atoms with Crippen molar-refractivity contribution in [2.45, 2.75) is 63.8 Å². The fourth-order valence-electron chi connectivity index (χ4n) is 5.03. The molecule has 0 saturated carbocycles. The summed E-state index contributed by atoms with van der Waals surface area (Å²) in [6.07, 6.45) is 1.73. The zero-order valence-corrected chi connectivity index (χ0v) is 17.5. The van der Waals surface area contributed by atoms with E-state index < -0.39 is 11.9 Å². The molecule has 3 aliphatic rings. The highest BCUT2D eigenvalue weighted by molar-refractivity contribution is 7.16. The normalized spacial score (nSPS) is 28.9. The van der Waals surface area contributed by atoms with Crippen molar-refractivity contribution in [3.8, 4) is 6.07 Å². The molecule has 2 atom stereocenters. The molecule has 1 unspecified atom stereocenters. The minimum absolute atomic E-state index is 0.164. The summed E-state index contributed by atoms with van der Waals surface area (Å²) in [6.45, 7) is 9.16. The van der Waals surface area contributed by atoms with Crippen molar-refractivity contribution >= 4 is 22.4 Å². The smallest absolute Gasteiger partial charge is 0.207 e. The van der Waals surface area contributed by atoms with Crippen LogP contribution in [-0.4, -0.2) is 49.8 Å². The first-order valence-electron chi connectivity index (χ1n) is 9.87. The summed E-state index contributed by atoms with van der Waals surface area (Å²) in [4.78, 5) is 12.3. The first kappa shape index (κ1) is 19.6. The number of carboxylic acid groups (broad SMARTS) is 1. The van der Waals surface area contributed by atoms with E-state index in [-0.39, 0.29) is 11.6 Å². The summed E-state index contributed by atoms with van der Waals surface area (Å²) in [5.41, 5.74) is 1.74. The molecular formula is C20H27N3O4S. The van der Waals surface area contributed by atoms with Crippen molar-refractivity contribution < 1.29 is 19.4 Å². The van der Waals surface area contributed by atoms with Crippen LogP contribution >= 0.6 is 11.3 Å². The van der Waals surface area contributed by atoms with Crippen molar-refractivity contribution in [2.75, 3.05) is 26.3 Å². The van der Waals surface area contributed by atoms with Gasteiger partial charge in [0.2, 0.25) is 5.00 Å². The van der Waals surface area contributed by atoms with E-state index in [4.69, 9.17) is 9.47 Å². The Morgan fingerprint density at radius 3 is 2.71 bits per heavy atom. The van der Waals surface area contributed by atoms with Crippen LogP contribution in [0.4, 0.5) is 9.80 Å². The zero-order chi connectivity index (χ0) is 20.2. The minimum Gasteiger partial charge on any atom is -0.530 e. The largest absolute Gasteiger partial charge is 0.530 e. The second-order valence-corrected chi connectivity index (χ2v) is 10.1. The summed E-state index contributed by atoms with van der Waals surface area (Å²) in [5.74, 6) is -0.529. The first-order chi connectivity index (χ1) is 13.2. The van der Waals surface area contributed by atoms with Gasteiger partial charge >= 0.3 is 0 Å². The molecule has 152 valence electrons. The molecule has 0 radical (unpaired) electrons. The zero-order valence-electron chi connectivity index (χ0n) is 16.7. The first-order valence-corrected chi connectivity index (χ1v) is 10.7. The highest BCUT2D eigenvalue weighted by atomic mass is 32.1. The number of thiophene rings is 1. The summed E-state index contributed by atoms with van der Waals surface area (Å²) >= 11 is 1.69. The van der Waals surface area contributed by atoms with E-state index in [1.807, 2.05) is 0 Å². The van der Waals surface area contributed by atoms with Gasteiger partial charge in [-0.2, -0.15) is 5.26 Å². The van der Waals surface area contributed by atoms with Crippen LogP contribution in [0.5, 0.6) is 0 Å². The summed E-state index contributed by atoms with van der Waals surface area (Å²) < 4.78 is 12.4. The molecule has 1 aromatic heterocycles. The predicted molar refractivity (Wildman–Crippen MR) is 104 cm³/mol. The molecule has 3 heterocycles. The Morgan fingerprint density at radius 2 is 2.11 bits per heavy atom. The van der Waals surface area contributed by atoms with Crippen molar-refractivity contribution in [3.05, 3.63) is 16.0 Å². The van der Waals surface area contributed by atoms with Crippen LogP contribution in [0.25, 0.3) is 0 Å². The van der Waals surface area contributed by atoms with E-state index in [1.165, 1.54) is 4.88 Å². The van der Waals surface area contributed by atoms with Crippen LogP contribution in [0.2, 0.25) is 0 Å². The summed E-state index contributed by atoms with van der Waals surface area (Å²) in [5, 5.41) is 24.7. The van der Waals surface area contributed by atoms with Crippen molar-refractivity contribution in [2.24, 2.45) is 0 Å². The quantitative estimate of drug-likeness (QED) is 0.755. The van der Waals surface area contributed by atoms with E-state index in [0.29, 0.717) is 30.7 Å². The maximum atomic E-state index is 11.1. The number of hydrogen-bond acceptors (Lipinski definition) is 6. The number of nitrogens with one attached hydrogen (secondary N) is 1. The number of nitriles is 1. The predicted octanol–water partition coefficient (Wildman–Crippen LogP) is 1.66. The van der Waals surface area contributed by atoms with Gasteiger partial charge in [-0.25, -0.2) is 0 Å². The lowest BCUT2D eigenvalue weighted by Crippen LogP contribution is -2.61. The standard InChI is InChI=1S/C20H27N3O4S/c1-19(2,3)23(7-5-13(12-23)22-18(24)25)17-15(11-21)14-4-6-20(10-16(14)28-17)26-8-9-27-20/h13,22H,4-10,12H2,1-3H3/t13-,23?/m0/s1. The van der Waals surface area contributed by atoms with E-state index in [9.17, 15) is 15.2 Å². The van der Waals surface area contributed by atoms with Crippen molar-refractivity contribution in [3.63, 3.8) is 0 Å². The van der Waals surface area contributed by atoms with Gasteiger partial charge in [0, 0.05) is 24.1 Å². The van der Waals surface area contributed by atoms with Gasteiger partial charge in [0.05, 0.1) is 31.3 Å². The number of carbonyl (C=O) groups is 1. The Bertz CT molecular complexity index is 832. The summed E-state index contributed by atoms with van der Waals surface area (Å²) in [7, 11) is 0. The van der Waals surface area contributed by atoms with Crippen molar-refractivity contribution in [1.29, 1.82) is 5.26 Å². The third kappa shape index (κ3) is 3.01. The molecule has 8 heteroatoms. The molecule has 28 heavy (non-hydrogen) atoms. The molecule has 1 N–H and O–H groups in total. The van der Waals surface area contributed by atoms with Crippen LogP contribution in [0.1, 0.15) is 49.6 Å². The van der Waals surface area contributed by atoms with E-state index in [1.54, 1.807) is 11.3 Å². The molecule has 4 rings (SSSR count). The lowest BCUT2D eigenvalue weighted by atomic mass is 9.90. The molecular weight excluding hydrogens is 378 g/mol. The number of hydrogen-bond donors (Lipinski definition) is 1. The van der Waals surface area contributed by atoms with E-state index >= 15 is 0 Å². The van der Waals surface area contributed by atoms with E-state index in [0.717, 1.165) is 41.9 Å². The Balaban J connectivity index is 1.76. The number of fused-ring (bicyclic) bond motifs is 1. The number of likely N-dealkylation sites (tertiary alicyclic amines) is 1. The minimum atomic E-state index is -1.23. The fourth-order valence-corrected chi connectivity index (χ4v) is 6.77. The van der Waals surface area contributed by atoms with E-state index in [2.05, 4.69) is 32.2 Å². The van der Waals surface area contributed by atoms with Gasteiger partial charge in [0.1, 0.15) is 24.3 Å². The average Bonchev–Trinajstić information content (AvgIpc) is 3.31. The number of amides is 1. The Morgan fingerprint density at radius 1 is 1.39 bits per heavy atom. The Hall–Kier alpha value is -1.66. The molecule has 1 spiro atoms. The summed E-state index contributed by atoms with van der Waals surface area (Å²) in [6, 6.07) is 2.31. The number of nitrogens with zero attached hydrogens (tertiary/aromatic N) is 2. The third-order valence-corrected chi connectivity index (χ3v) is 7.95. The molecule has 7 nitrogen and oxygen atoms in total. The van der Waals surface area contributed by atoms with Crippen LogP contribution in [0.3, 0.4) is 0 Å². The van der Waals surface area contributed by atoms with Gasteiger partial charge in [0.15, 0.2) is 5.79 Å². The van der Waals surface area contributed by atoms with Gasteiger partial charge in [-0.3, -0.25) is 4.48 Å². The molecule has 0 aromatic carbocycles. The molecule has 1 aromatic rings. The topological polar surface area (TPSA) is 94.4 Å². The molecule has 2 fully saturated rings. The third-order valence-electron chi connectivity index (χ3n) is 6.57. The second kappa shape index (κ2) is 6.70. The lowest BCUT2D eigenvalue weighted by molar-refractivity contribution is -0.251. The number of carbonyl (C=O) groups excluding carboxylic acids is 1. The van der Waals surface area contributed by atoms with Gasteiger partial charge in [-0.05, 0) is 32.8 Å². The van der Waals surface area contributed by atoms with Gasteiger partial charge < -0.3 is 24.7 Å². The molecule has 2 saturated heterocycles. The van der Waals surface area contributed by atoms with Gasteiger partial charge in [-0.15, -0.1) is 0 Å². The second-order valence-electron chi connectivity index (χ2n) is 9.04. The highest BCUT2D eigenvalue weighted by Crippen LogP contribution is 2.50.